The molecule has 0 aliphatic heterocycles. The van der Waals surface area contributed by atoms with E-state index in [0.717, 1.165) is 5.39 Å². The van der Waals surface area contributed by atoms with Gasteiger partial charge in [0.15, 0.2) is 5.78 Å². The number of Topliss-reactive ketones (excluding diaryl/α,β-unsaturated/α-hetero) is 1. The zero-order chi connectivity index (χ0) is 14.6. The van der Waals surface area contributed by atoms with Gasteiger partial charge in [0.05, 0.1) is 11.3 Å². The van der Waals surface area contributed by atoms with Gasteiger partial charge >= 0.3 is 0 Å². The van der Waals surface area contributed by atoms with Crippen molar-refractivity contribution in [2.45, 2.75) is 19.8 Å². The van der Waals surface area contributed by atoms with E-state index < -0.39 is 9.84 Å². The number of ketones is 1. The molecule has 0 amide bonds. The van der Waals surface area contributed by atoms with Crippen LogP contribution in [0.4, 0.5) is 0 Å². The van der Waals surface area contributed by atoms with Crippen molar-refractivity contribution in [2.24, 2.45) is 0 Å². The summed E-state index contributed by atoms with van der Waals surface area (Å²) < 4.78 is 22.8. The Morgan fingerprint density at radius 3 is 2.70 bits per heavy atom. The largest absolute Gasteiger partial charge is 0.294 e. The lowest BCUT2D eigenvalue weighted by Crippen LogP contribution is -2.10. The third-order valence-corrected chi connectivity index (χ3v) is 5.02. The summed E-state index contributed by atoms with van der Waals surface area (Å²) in [6.07, 6.45) is 2.24. The molecule has 1 aromatic carbocycles. The van der Waals surface area contributed by atoms with Crippen LogP contribution in [0.25, 0.3) is 10.9 Å². The summed E-state index contributed by atoms with van der Waals surface area (Å²) in [6, 6.07) is 9.19. The van der Waals surface area contributed by atoms with Crippen molar-refractivity contribution in [1.29, 1.82) is 0 Å². The minimum Gasteiger partial charge on any atom is -0.294 e. The second kappa shape index (κ2) is 6.13. The standard InChI is InChI=1S/C15H17NO3S/c1-2-20(18,19)11-5-9-14(17)13-8-3-6-12-7-4-10-16-15(12)13/h3-4,6-8,10H,2,5,9,11H2,1H3. The smallest absolute Gasteiger partial charge is 0.165 e. The van der Waals surface area contributed by atoms with Crippen LogP contribution in [0.3, 0.4) is 0 Å². The first-order chi connectivity index (χ1) is 9.53. The summed E-state index contributed by atoms with van der Waals surface area (Å²) in [6.45, 7) is 1.62. The fourth-order valence-electron chi connectivity index (χ4n) is 2.06. The number of carbonyl (C=O) groups is 1. The first-order valence-electron chi connectivity index (χ1n) is 6.61. The maximum Gasteiger partial charge on any atom is 0.165 e. The molecule has 1 aromatic heterocycles. The van der Waals surface area contributed by atoms with Crippen molar-refractivity contribution in [2.75, 3.05) is 11.5 Å². The third-order valence-electron chi connectivity index (χ3n) is 3.23. The van der Waals surface area contributed by atoms with Gasteiger partial charge in [0, 0.05) is 29.3 Å². The topological polar surface area (TPSA) is 64.1 Å². The first kappa shape index (κ1) is 14.7. The molecule has 0 atom stereocenters. The Morgan fingerprint density at radius 1 is 1.20 bits per heavy atom. The van der Waals surface area contributed by atoms with Gasteiger partial charge < -0.3 is 0 Å². The van der Waals surface area contributed by atoms with E-state index in [1.165, 1.54) is 0 Å². The summed E-state index contributed by atoms with van der Waals surface area (Å²) in [5.41, 5.74) is 1.25. The molecule has 0 fully saturated rings. The Morgan fingerprint density at radius 2 is 1.95 bits per heavy atom. The predicted molar refractivity (Wildman–Crippen MR) is 79.6 cm³/mol. The molecule has 0 saturated carbocycles. The number of carbonyl (C=O) groups excluding carboxylic acids is 1. The molecule has 0 spiro atoms. The first-order valence-corrected chi connectivity index (χ1v) is 8.43. The van der Waals surface area contributed by atoms with Gasteiger partial charge in [-0.1, -0.05) is 25.1 Å². The average molecular weight is 291 g/mol. The normalized spacial score (nSPS) is 11.7. The molecule has 0 radical (unpaired) electrons. The SMILES string of the molecule is CCS(=O)(=O)CCCC(=O)c1cccc2cccnc12. The molecular formula is C15H17NO3S. The number of benzene rings is 1. The fraction of sp³-hybridized carbons (Fsp3) is 0.333. The lowest BCUT2D eigenvalue weighted by Gasteiger charge is -2.05. The second-order valence-corrected chi connectivity index (χ2v) is 7.12. The molecule has 0 N–H and O–H groups in total. The van der Waals surface area contributed by atoms with E-state index in [9.17, 15) is 13.2 Å². The molecule has 5 heteroatoms. The Labute approximate surface area is 118 Å². The molecule has 4 nitrogen and oxygen atoms in total. The van der Waals surface area contributed by atoms with Crippen molar-refractivity contribution in [1.82, 2.24) is 4.98 Å². The summed E-state index contributed by atoms with van der Waals surface area (Å²) in [4.78, 5) is 16.4. The lowest BCUT2D eigenvalue weighted by atomic mass is 10.0. The number of sulfone groups is 1. The summed E-state index contributed by atoms with van der Waals surface area (Å²) in [7, 11) is -3.01. The van der Waals surface area contributed by atoms with E-state index in [2.05, 4.69) is 4.98 Å². The highest BCUT2D eigenvalue weighted by molar-refractivity contribution is 7.91. The van der Waals surface area contributed by atoms with Crippen LogP contribution in [0.15, 0.2) is 36.5 Å². The summed E-state index contributed by atoms with van der Waals surface area (Å²) in [5, 5.41) is 0.916. The van der Waals surface area contributed by atoms with Crippen LogP contribution in [-0.4, -0.2) is 30.7 Å². The van der Waals surface area contributed by atoms with Gasteiger partial charge in [-0.25, -0.2) is 8.42 Å². The highest BCUT2D eigenvalue weighted by Crippen LogP contribution is 2.18. The van der Waals surface area contributed by atoms with Gasteiger partial charge in [0.1, 0.15) is 9.84 Å². The van der Waals surface area contributed by atoms with Gasteiger partial charge in [0.2, 0.25) is 0 Å². The minimum absolute atomic E-state index is 0.0550. The van der Waals surface area contributed by atoms with E-state index in [1.54, 1.807) is 19.2 Å². The highest BCUT2D eigenvalue weighted by atomic mass is 32.2. The maximum atomic E-state index is 12.2. The third kappa shape index (κ3) is 3.42. The molecule has 1 heterocycles. The van der Waals surface area contributed by atoms with Crippen molar-refractivity contribution in [3.63, 3.8) is 0 Å². The molecular weight excluding hydrogens is 274 g/mol. The van der Waals surface area contributed by atoms with Gasteiger partial charge in [-0.15, -0.1) is 0 Å². The van der Waals surface area contributed by atoms with E-state index in [1.807, 2.05) is 24.3 Å². The zero-order valence-electron chi connectivity index (χ0n) is 11.4. The molecule has 106 valence electrons. The van der Waals surface area contributed by atoms with Crippen molar-refractivity contribution in [3.8, 4) is 0 Å². The molecule has 20 heavy (non-hydrogen) atoms. The number of aromatic nitrogens is 1. The number of hydrogen-bond donors (Lipinski definition) is 0. The van der Waals surface area contributed by atoms with E-state index >= 15 is 0 Å². The number of pyridine rings is 1. The molecule has 2 aromatic rings. The minimum atomic E-state index is -3.01. The number of hydrogen-bond acceptors (Lipinski definition) is 4. The quantitative estimate of drug-likeness (QED) is 0.767. The number of rotatable bonds is 6. The number of nitrogens with zero attached hydrogens (tertiary/aromatic N) is 1. The Hall–Kier alpha value is -1.75. The van der Waals surface area contributed by atoms with Gasteiger partial charge in [-0.3, -0.25) is 9.78 Å². The van der Waals surface area contributed by atoms with Crippen LogP contribution >= 0.6 is 0 Å². The summed E-state index contributed by atoms with van der Waals surface area (Å²) in [5.74, 6) is 0.130. The van der Waals surface area contributed by atoms with Crippen molar-refractivity contribution >= 4 is 26.5 Å². The van der Waals surface area contributed by atoms with Gasteiger partial charge in [-0.2, -0.15) is 0 Å². The summed E-state index contributed by atoms with van der Waals surface area (Å²) >= 11 is 0. The maximum absolute atomic E-state index is 12.2. The number of para-hydroxylation sites is 1. The molecule has 2 rings (SSSR count). The highest BCUT2D eigenvalue weighted by Gasteiger charge is 2.13. The fourth-order valence-corrected chi connectivity index (χ4v) is 2.93. The zero-order valence-corrected chi connectivity index (χ0v) is 12.2. The molecule has 0 aliphatic rings. The van der Waals surface area contributed by atoms with Crippen LogP contribution in [-0.2, 0) is 9.84 Å². The van der Waals surface area contributed by atoms with Crippen molar-refractivity contribution < 1.29 is 13.2 Å². The number of fused-ring (bicyclic) bond motifs is 1. The van der Waals surface area contributed by atoms with E-state index in [-0.39, 0.29) is 23.7 Å². The molecule has 0 unspecified atom stereocenters. The van der Waals surface area contributed by atoms with E-state index in [0.29, 0.717) is 17.5 Å². The Kier molecular flexibility index (Phi) is 4.49. The van der Waals surface area contributed by atoms with Crippen LogP contribution in [0.2, 0.25) is 0 Å². The molecule has 0 bridgehead atoms. The predicted octanol–water partition coefficient (Wildman–Crippen LogP) is 2.63. The van der Waals surface area contributed by atoms with Crippen LogP contribution in [0.5, 0.6) is 0 Å². The Balaban J connectivity index is 2.12. The lowest BCUT2D eigenvalue weighted by molar-refractivity contribution is 0.0983. The molecule has 0 saturated heterocycles. The van der Waals surface area contributed by atoms with Crippen molar-refractivity contribution in [3.05, 3.63) is 42.1 Å². The van der Waals surface area contributed by atoms with Crippen LogP contribution < -0.4 is 0 Å². The monoisotopic (exact) mass is 291 g/mol. The molecule has 0 aliphatic carbocycles. The van der Waals surface area contributed by atoms with Crippen LogP contribution in [0.1, 0.15) is 30.1 Å². The second-order valence-electron chi connectivity index (χ2n) is 4.64. The Bertz CT molecular complexity index is 717. The van der Waals surface area contributed by atoms with Crippen LogP contribution in [0, 0.1) is 0 Å². The average Bonchev–Trinajstić information content (AvgIpc) is 2.46. The van der Waals surface area contributed by atoms with E-state index in [4.69, 9.17) is 0 Å². The van der Waals surface area contributed by atoms with Gasteiger partial charge in [-0.05, 0) is 18.6 Å². The van der Waals surface area contributed by atoms with Gasteiger partial charge in [0.25, 0.3) is 0 Å².